The maximum Gasteiger partial charge on any atom is 0.310 e. The largest absolute Gasteiger partial charge is 0.477 e. The van der Waals surface area contributed by atoms with Gasteiger partial charge in [0.25, 0.3) is 5.91 Å². The van der Waals surface area contributed by atoms with E-state index < -0.39 is 10.8 Å². The van der Waals surface area contributed by atoms with Crippen LogP contribution in [-0.4, -0.2) is 23.1 Å². The first-order valence-electron chi connectivity index (χ1n) is 6.97. The van der Waals surface area contributed by atoms with Crippen LogP contribution in [-0.2, 0) is 4.79 Å². The van der Waals surface area contributed by atoms with Gasteiger partial charge in [-0.05, 0) is 37.3 Å². The van der Waals surface area contributed by atoms with Gasteiger partial charge in [0.2, 0.25) is 0 Å². The summed E-state index contributed by atoms with van der Waals surface area (Å²) in [6.45, 7) is 1.31. The summed E-state index contributed by atoms with van der Waals surface area (Å²) in [6, 6.07) is 9.37. The third-order valence-electron chi connectivity index (χ3n) is 2.81. The predicted molar refractivity (Wildman–Crippen MR) is 87.6 cm³/mol. The number of nitrogens with one attached hydrogen (secondary N) is 1. The number of para-hydroxylation sites is 2. The van der Waals surface area contributed by atoms with Crippen molar-refractivity contribution in [3.63, 3.8) is 0 Å². The molecule has 1 heterocycles. The molecule has 0 aliphatic rings. The van der Waals surface area contributed by atoms with E-state index in [4.69, 9.17) is 9.15 Å². The first-order valence-corrected chi connectivity index (χ1v) is 6.97. The first kappa shape index (κ1) is 16.9. The van der Waals surface area contributed by atoms with Crippen LogP contribution >= 0.6 is 0 Å². The highest BCUT2D eigenvalue weighted by molar-refractivity contribution is 5.96. The second-order valence-corrected chi connectivity index (χ2v) is 4.65. The number of nitro groups is 1. The van der Waals surface area contributed by atoms with Gasteiger partial charge >= 0.3 is 5.69 Å². The average molecular weight is 329 g/mol. The van der Waals surface area contributed by atoms with Crippen LogP contribution in [0.1, 0.15) is 12.7 Å². The lowest BCUT2D eigenvalue weighted by atomic mass is 10.3. The van der Waals surface area contributed by atoms with Gasteiger partial charge in [0.15, 0.2) is 12.4 Å². The van der Waals surface area contributed by atoms with Crippen LogP contribution in [0, 0.1) is 10.1 Å². The number of nitrogens with zero attached hydrogens (tertiary/aromatic N) is 2. The van der Waals surface area contributed by atoms with Crippen LogP contribution in [0.2, 0.25) is 0 Å². The van der Waals surface area contributed by atoms with E-state index >= 15 is 0 Å². The number of nitro benzene ring substituents is 1. The maximum absolute atomic E-state index is 11.7. The molecule has 0 bridgehead atoms. The smallest absolute Gasteiger partial charge is 0.310 e. The Bertz CT molecular complexity index is 766. The minimum Gasteiger partial charge on any atom is -0.477 e. The molecule has 0 spiro atoms. The fourth-order valence-corrected chi connectivity index (χ4v) is 1.68. The van der Waals surface area contributed by atoms with E-state index in [0.717, 1.165) is 0 Å². The molecule has 0 saturated carbocycles. The van der Waals surface area contributed by atoms with E-state index in [2.05, 4.69) is 10.5 Å². The SMILES string of the molecule is CC(/C=C\c1ccco1)=NNC(=O)COc1ccccc1[N+](=O)[O-]. The summed E-state index contributed by atoms with van der Waals surface area (Å²) in [5, 5.41) is 14.7. The zero-order chi connectivity index (χ0) is 17.4. The number of rotatable bonds is 7. The molecule has 1 aromatic heterocycles. The van der Waals surface area contributed by atoms with Crippen molar-refractivity contribution in [3.8, 4) is 5.75 Å². The highest BCUT2D eigenvalue weighted by Gasteiger charge is 2.14. The van der Waals surface area contributed by atoms with Crippen LogP contribution in [0.4, 0.5) is 5.69 Å². The Morgan fingerprint density at radius 3 is 2.88 bits per heavy atom. The molecule has 8 heteroatoms. The third kappa shape index (κ3) is 5.09. The van der Waals surface area contributed by atoms with Gasteiger partial charge in [-0.15, -0.1) is 0 Å². The molecule has 0 radical (unpaired) electrons. The minimum atomic E-state index is -0.574. The number of benzene rings is 1. The van der Waals surface area contributed by atoms with Crippen molar-refractivity contribution in [1.29, 1.82) is 0 Å². The van der Waals surface area contributed by atoms with Crippen molar-refractivity contribution in [3.05, 3.63) is 64.6 Å². The van der Waals surface area contributed by atoms with Gasteiger partial charge in [-0.1, -0.05) is 12.1 Å². The van der Waals surface area contributed by atoms with Gasteiger partial charge in [0, 0.05) is 6.07 Å². The number of hydrogen-bond acceptors (Lipinski definition) is 6. The van der Waals surface area contributed by atoms with Crippen LogP contribution in [0.3, 0.4) is 0 Å². The van der Waals surface area contributed by atoms with Crippen LogP contribution in [0.25, 0.3) is 6.08 Å². The summed E-state index contributed by atoms with van der Waals surface area (Å²) in [5.41, 5.74) is 2.65. The van der Waals surface area contributed by atoms with E-state index in [1.54, 1.807) is 43.5 Å². The Hall–Kier alpha value is -3.42. The maximum atomic E-state index is 11.7. The average Bonchev–Trinajstić information content (AvgIpc) is 3.10. The summed E-state index contributed by atoms with van der Waals surface area (Å²) >= 11 is 0. The Morgan fingerprint density at radius 1 is 1.38 bits per heavy atom. The monoisotopic (exact) mass is 329 g/mol. The molecule has 1 amide bonds. The molecule has 8 nitrogen and oxygen atoms in total. The van der Waals surface area contributed by atoms with Gasteiger partial charge < -0.3 is 9.15 Å². The molecular weight excluding hydrogens is 314 g/mol. The van der Waals surface area contributed by atoms with E-state index in [0.29, 0.717) is 11.5 Å². The summed E-state index contributed by atoms with van der Waals surface area (Å²) in [7, 11) is 0. The zero-order valence-corrected chi connectivity index (χ0v) is 12.8. The Balaban J connectivity index is 1.85. The van der Waals surface area contributed by atoms with Crippen molar-refractivity contribution in [2.45, 2.75) is 6.92 Å². The van der Waals surface area contributed by atoms with Crippen molar-refractivity contribution < 1.29 is 18.9 Å². The summed E-state index contributed by atoms with van der Waals surface area (Å²) in [5.74, 6) is 0.158. The van der Waals surface area contributed by atoms with Crippen molar-refractivity contribution >= 4 is 23.4 Å². The Kier molecular flexibility index (Phi) is 5.84. The second kappa shape index (κ2) is 8.28. The number of furan rings is 1. The molecule has 2 rings (SSSR count). The fourth-order valence-electron chi connectivity index (χ4n) is 1.68. The lowest BCUT2D eigenvalue weighted by Crippen LogP contribution is -2.25. The predicted octanol–water partition coefficient (Wildman–Crippen LogP) is 2.77. The van der Waals surface area contributed by atoms with Crippen LogP contribution in [0.5, 0.6) is 5.75 Å². The highest BCUT2D eigenvalue weighted by atomic mass is 16.6. The van der Waals surface area contributed by atoms with Gasteiger partial charge in [-0.2, -0.15) is 5.10 Å². The second-order valence-electron chi connectivity index (χ2n) is 4.65. The van der Waals surface area contributed by atoms with E-state index in [1.165, 1.54) is 18.2 Å². The molecular formula is C16H15N3O5. The molecule has 1 N–H and O–H groups in total. The van der Waals surface area contributed by atoms with Crippen molar-refractivity contribution in [2.75, 3.05) is 6.61 Å². The minimum absolute atomic E-state index is 0.0241. The fraction of sp³-hybridized carbons (Fsp3) is 0.125. The quantitative estimate of drug-likeness (QED) is 0.477. The molecule has 0 saturated heterocycles. The number of hydrazone groups is 1. The topological polar surface area (TPSA) is 107 Å². The summed E-state index contributed by atoms with van der Waals surface area (Å²) < 4.78 is 10.3. The molecule has 1 aromatic carbocycles. The summed E-state index contributed by atoms with van der Waals surface area (Å²) in [4.78, 5) is 21.9. The van der Waals surface area contributed by atoms with E-state index in [9.17, 15) is 14.9 Å². The third-order valence-corrected chi connectivity index (χ3v) is 2.81. The van der Waals surface area contributed by atoms with Crippen LogP contribution < -0.4 is 10.2 Å². The molecule has 0 aliphatic heterocycles. The number of amides is 1. The van der Waals surface area contributed by atoms with E-state index in [1.807, 2.05) is 0 Å². The van der Waals surface area contributed by atoms with Gasteiger partial charge in [0.1, 0.15) is 5.76 Å². The lowest BCUT2D eigenvalue weighted by molar-refractivity contribution is -0.385. The standard InChI is InChI=1S/C16H15N3O5/c1-12(8-9-13-5-4-10-23-13)17-18-16(20)11-24-15-7-3-2-6-14(15)19(21)22/h2-10H,11H2,1H3,(H,18,20)/b9-8-,17-12?. The number of ether oxygens (including phenoxy) is 1. The molecule has 2 aromatic rings. The number of carbonyl (C=O) groups excluding carboxylic acids is 1. The van der Waals surface area contributed by atoms with Crippen LogP contribution in [0.15, 0.2) is 58.3 Å². The van der Waals surface area contributed by atoms with Crippen molar-refractivity contribution in [2.24, 2.45) is 5.10 Å². The zero-order valence-electron chi connectivity index (χ0n) is 12.8. The van der Waals surface area contributed by atoms with Gasteiger partial charge in [-0.3, -0.25) is 14.9 Å². The molecule has 24 heavy (non-hydrogen) atoms. The molecule has 0 aliphatic carbocycles. The van der Waals surface area contributed by atoms with E-state index in [-0.39, 0.29) is 18.0 Å². The number of hydrogen-bond donors (Lipinski definition) is 1. The summed E-state index contributed by atoms with van der Waals surface area (Å²) in [6.07, 6.45) is 4.92. The first-order chi connectivity index (χ1) is 11.6. The van der Waals surface area contributed by atoms with Gasteiger partial charge in [0.05, 0.1) is 16.9 Å². The highest BCUT2D eigenvalue weighted by Crippen LogP contribution is 2.25. The molecule has 0 atom stereocenters. The molecule has 0 fully saturated rings. The lowest BCUT2D eigenvalue weighted by Gasteiger charge is -2.05. The Labute approximate surface area is 137 Å². The Morgan fingerprint density at radius 2 is 2.17 bits per heavy atom. The van der Waals surface area contributed by atoms with Crippen molar-refractivity contribution in [1.82, 2.24) is 5.43 Å². The normalized spacial score (nSPS) is 11.5. The number of carbonyl (C=O) groups is 1. The van der Waals surface area contributed by atoms with Gasteiger partial charge in [-0.25, -0.2) is 5.43 Å². The molecule has 0 unspecified atom stereocenters. The number of allylic oxidation sites excluding steroid dienone is 1. The molecule has 124 valence electrons.